The number of carbonyl (C=O) groups is 2. The molecule has 104 valence electrons. The normalized spacial score (nSPS) is 24.6. The highest BCUT2D eigenvalue weighted by Crippen LogP contribution is 2.21. The first-order chi connectivity index (χ1) is 8.31. The van der Waals surface area contributed by atoms with Crippen LogP contribution >= 0.6 is 0 Å². The third kappa shape index (κ3) is 4.04. The summed E-state index contributed by atoms with van der Waals surface area (Å²) < 4.78 is 30.3. The fourth-order valence-electron chi connectivity index (χ4n) is 1.22. The van der Waals surface area contributed by atoms with Crippen molar-refractivity contribution in [2.24, 2.45) is 0 Å². The minimum absolute atomic E-state index is 0.378. The van der Waals surface area contributed by atoms with E-state index in [0.717, 1.165) is 0 Å². The Hall–Kier alpha value is -0.990. The Labute approximate surface area is 108 Å². The lowest BCUT2D eigenvalue weighted by atomic mass is 10.2. The van der Waals surface area contributed by atoms with Crippen LogP contribution in [0.3, 0.4) is 0 Å². The monoisotopic (exact) mass is 280 g/mol. The molecule has 1 saturated heterocycles. The lowest BCUT2D eigenvalue weighted by Crippen LogP contribution is -2.40. The van der Waals surface area contributed by atoms with Gasteiger partial charge in [-0.05, 0) is 27.7 Å². The second-order valence-corrected chi connectivity index (χ2v) is 5.00. The van der Waals surface area contributed by atoms with Gasteiger partial charge < -0.3 is 9.47 Å². The van der Waals surface area contributed by atoms with Crippen molar-refractivity contribution in [3.05, 3.63) is 0 Å². The minimum Gasteiger partial charge on any atom is -0.461 e. The molecule has 0 radical (unpaired) electrons. The molecular weight excluding hydrogens is 264 g/mol. The van der Waals surface area contributed by atoms with E-state index in [0.29, 0.717) is 0 Å². The maximum absolute atomic E-state index is 11.6. The summed E-state index contributed by atoms with van der Waals surface area (Å²) in [6.07, 6.45) is -3.48. The number of hydrogen-bond acceptors (Lipinski definition) is 7. The van der Waals surface area contributed by atoms with Gasteiger partial charge in [-0.1, -0.05) is 0 Å². The van der Waals surface area contributed by atoms with Crippen molar-refractivity contribution < 1.29 is 31.6 Å². The quantitative estimate of drug-likeness (QED) is 0.682. The van der Waals surface area contributed by atoms with Crippen molar-refractivity contribution in [3.63, 3.8) is 0 Å². The van der Waals surface area contributed by atoms with Crippen LogP contribution in [0.5, 0.6) is 0 Å². The summed E-state index contributed by atoms with van der Waals surface area (Å²) in [6, 6.07) is 0. The van der Waals surface area contributed by atoms with Gasteiger partial charge in [0.25, 0.3) is 0 Å². The molecule has 1 rings (SSSR count). The zero-order valence-corrected chi connectivity index (χ0v) is 11.4. The molecule has 8 heteroatoms. The molecule has 0 amide bonds. The fraction of sp³-hybridized carbons (Fsp3) is 0.800. The Morgan fingerprint density at radius 2 is 1.28 bits per heavy atom. The Kier molecular flexibility index (Phi) is 5.24. The second-order valence-electron chi connectivity index (χ2n) is 4.21. The molecule has 0 N–H and O–H groups in total. The molecule has 0 bridgehead atoms. The van der Waals surface area contributed by atoms with Gasteiger partial charge in [-0.15, -0.1) is 0 Å². The molecule has 2 atom stereocenters. The Morgan fingerprint density at radius 3 is 1.56 bits per heavy atom. The highest BCUT2D eigenvalue weighted by molar-refractivity contribution is 7.75. The van der Waals surface area contributed by atoms with Crippen LogP contribution in [-0.4, -0.2) is 40.6 Å². The lowest BCUT2D eigenvalue weighted by Gasteiger charge is -2.16. The summed E-state index contributed by atoms with van der Waals surface area (Å²) in [6.45, 7) is 6.58. The minimum atomic E-state index is -2.16. The van der Waals surface area contributed by atoms with E-state index in [9.17, 15) is 13.8 Å². The summed E-state index contributed by atoms with van der Waals surface area (Å²) in [5.41, 5.74) is 0. The van der Waals surface area contributed by atoms with Crippen LogP contribution < -0.4 is 0 Å². The Bertz CT molecular complexity index is 320. The van der Waals surface area contributed by atoms with E-state index in [4.69, 9.17) is 17.8 Å². The van der Waals surface area contributed by atoms with Gasteiger partial charge >= 0.3 is 23.3 Å². The molecule has 1 fully saturated rings. The molecule has 1 aliphatic rings. The smallest absolute Gasteiger partial charge is 0.340 e. The first-order valence-electron chi connectivity index (χ1n) is 5.48. The van der Waals surface area contributed by atoms with Crippen molar-refractivity contribution in [2.45, 2.75) is 52.1 Å². The first-order valence-corrected chi connectivity index (χ1v) is 6.48. The highest BCUT2D eigenvalue weighted by Gasteiger charge is 2.47. The third-order valence-corrected chi connectivity index (χ3v) is 2.54. The van der Waals surface area contributed by atoms with Crippen LogP contribution in [0, 0.1) is 0 Å². The number of carbonyl (C=O) groups excluding carboxylic acids is 2. The fourth-order valence-corrected chi connectivity index (χ4v) is 1.96. The van der Waals surface area contributed by atoms with Gasteiger partial charge in [0.05, 0.1) is 12.2 Å². The van der Waals surface area contributed by atoms with E-state index < -0.39 is 35.5 Å². The SMILES string of the molecule is CC(C)OC(=O)[C@@H]1OS(=O)O[C@H]1C(=O)OC(C)C. The van der Waals surface area contributed by atoms with Crippen molar-refractivity contribution >= 4 is 23.3 Å². The molecular formula is C10H16O7S. The average molecular weight is 280 g/mol. The predicted molar refractivity (Wildman–Crippen MR) is 60.3 cm³/mol. The molecule has 1 aliphatic heterocycles. The maximum atomic E-state index is 11.6. The molecule has 0 unspecified atom stereocenters. The van der Waals surface area contributed by atoms with Crippen LogP contribution in [-0.2, 0) is 38.8 Å². The van der Waals surface area contributed by atoms with E-state index in [2.05, 4.69) is 0 Å². The highest BCUT2D eigenvalue weighted by atomic mass is 32.2. The van der Waals surface area contributed by atoms with Gasteiger partial charge in [0.2, 0.25) is 12.2 Å². The molecule has 18 heavy (non-hydrogen) atoms. The molecule has 1 heterocycles. The predicted octanol–water partition coefficient (Wildman–Crippen LogP) is 0.252. The third-order valence-electron chi connectivity index (χ3n) is 1.81. The van der Waals surface area contributed by atoms with Crippen LogP contribution in [0.2, 0.25) is 0 Å². The second kappa shape index (κ2) is 6.26. The Morgan fingerprint density at radius 1 is 0.944 bits per heavy atom. The van der Waals surface area contributed by atoms with Crippen molar-refractivity contribution in [3.8, 4) is 0 Å². The largest absolute Gasteiger partial charge is 0.461 e. The van der Waals surface area contributed by atoms with Crippen molar-refractivity contribution in [1.29, 1.82) is 0 Å². The van der Waals surface area contributed by atoms with E-state index >= 15 is 0 Å². The van der Waals surface area contributed by atoms with Crippen LogP contribution in [0.15, 0.2) is 0 Å². The molecule has 0 aromatic heterocycles. The number of rotatable bonds is 4. The molecule has 7 nitrogen and oxygen atoms in total. The van der Waals surface area contributed by atoms with Crippen molar-refractivity contribution in [1.82, 2.24) is 0 Å². The summed E-state index contributed by atoms with van der Waals surface area (Å²) in [5, 5.41) is 0. The number of ether oxygens (including phenoxy) is 2. The lowest BCUT2D eigenvalue weighted by molar-refractivity contribution is -0.167. The number of hydrogen-bond donors (Lipinski definition) is 0. The Balaban J connectivity index is 2.72. The first kappa shape index (κ1) is 15.1. The van der Waals surface area contributed by atoms with E-state index in [1.165, 1.54) is 0 Å². The van der Waals surface area contributed by atoms with E-state index in [-0.39, 0.29) is 12.2 Å². The number of esters is 2. The standard InChI is InChI=1S/C10H16O7S/c1-5(2)14-9(11)7-8(17-18(13)16-7)10(12)15-6(3)4/h5-8H,1-4H3/t7-,8-/m1/s1. The van der Waals surface area contributed by atoms with Crippen LogP contribution in [0.4, 0.5) is 0 Å². The van der Waals surface area contributed by atoms with Crippen LogP contribution in [0.25, 0.3) is 0 Å². The van der Waals surface area contributed by atoms with E-state index in [1.807, 2.05) is 0 Å². The molecule has 0 aromatic carbocycles. The average Bonchev–Trinajstić information content (AvgIpc) is 2.58. The molecule has 0 aliphatic carbocycles. The van der Waals surface area contributed by atoms with Crippen LogP contribution in [0.1, 0.15) is 27.7 Å². The zero-order chi connectivity index (χ0) is 13.9. The van der Waals surface area contributed by atoms with Crippen molar-refractivity contribution in [2.75, 3.05) is 0 Å². The molecule has 0 spiro atoms. The van der Waals surface area contributed by atoms with Gasteiger partial charge in [0.1, 0.15) is 0 Å². The molecule has 0 saturated carbocycles. The van der Waals surface area contributed by atoms with Gasteiger partial charge in [0.15, 0.2) is 0 Å². The summed E-state index contributed by atoms with van der Waals surface area (Å²) in [7, 11) is 0. The van der Waals surface area contributed by atoms with Gasteiger partial charge in [-0.2, -0.15) is 4.21 Å². The van der Waals surface area contributed by atoms with Gasteiger partial charge in [-0.25, -0.2) is 18.0 Å². The summed E-state index contributed by atoms with van der Waals surface area (Å²) >= 11 is -2.16. The summed E-state index contributed by atoms with van der Waals surface area (Å²) in [4.78, 5) is 23.3. The van der Waals surface area contributed by atoms with E-state index in [1.54, 1.807) is 27.7 Å². The molecule has 0 aromatic rings. The summed E-state index contributed by atoms with van der Waals surface area (Å²) in [5.74, 6) is -1.61. The zero-order valence-electron chi connectivity index (χ0n) is 10.6. The maximum Gasteiger partial charge on any atom is 0.340 e. The van der Waals surface area contributed by atoms with Gasteiger partial charge in [0, 0.05) is 0 Å². The topological polar surface area (TPSA) is 88.1 Å². The van der Waals surface area contributed by atoms with Gasteiger partial charge in [-0.3, -0.25) is 0 Å².